The Morgan fingerprint density at radius 2 is 2.13 bits per heavy atom. The Labute approximate surface area is 182 Å². The number of nitrogens with one attached hydrogen (secondary N) is 1. The minimum absolute atomic E-state index is 0.0228. The number of rotatable bonds is 6. The fraction of sp³-hybridized carbons (Fsp3) is 0.542. The van der Waals surface area contributed by atoms with Crippen molar-refractivity contribution in [2.45, 2.75) is 57.3 Å². The fourth-order valence-electron chi connectivity index (χ4n) is 5.68. The standard InChI is InChI=1S/C24H30N4O3/c1-2-11-27-20-13-28-19(9-8-17(24(28)31)15-5-4-10-25-12-15)22(27)21(18(20)14-29)23(30)26-16-6-3-7-16/h4-5,8-10,12,16,18,20-22,29H,2-3,6-7,11,13-14H2,1H3,(H,26,30)/t18-,20-,21+,22+/m0/s1. The Kier molecular flexibility index (Phi) is 5.40. The van der Waals surface area contributed by atoms with Crippen LogP contribution >= 0.6 is 0 Å². The Balaban J connectivity index is 1.58. The molecule has 31 heavy (non-hydrogen) atoms. The lowest BCUT2D eigenvalue weighted by Crippen LogP contribution is -2.47. The van der Waals surface area contributed by atoms with Crippen LogP contribution < -0.4 is 10.9 Å². The van der Waals surface area contributed by atoms with Gasteiger partial charge in [-0.15, -0.1) is 0 Å². The molecular weight excluding hydrogens is 392 g/mol. The molecule has 0 radical (unpaired) electrons. The first-order valence-corrected chi connectivity index (χ1v) is 11.4. The molecule has 4 heterocycles. The number of carbonyl (C=O) groups is 1. The van der Waals surface area contributed by atoms with Crippen molar-refractivity contribution in [1.29, 1.82) is 0 Å². The number of fused-ring (bicyclic) bond motifs is 4. The van der Waals surface area contributed by atoms with E-state index in [0.29, 0.717) is 12.1 Å². The van der Waals surface area contributed by atoms with Gasteiger partial charge < -0.3 is 15.0 Å². The molecular formula is C24H30N4O3. The van der Waals surface area contributed by atoms with Gasteiger partial charge in [-0.3, -0.25) is 19.5 Å². The molecule has 0 spiro atoms. The maximum Gasteiger partial charge on any atom is 0.258 e. The monoisotopic (exact) mass is 422 g/mol. The first-order valence-electron chi connectivity index (χ1n) is 11.4. The van der Waals surface area contributed by atoms with Crippen LogP contribution in [0.1, 0.15) is 44.3 Å². The normalized spacial score (nSPS) is 27.5. The maximum absolute atomic E-state index is 13.5. The van der Waals surface area contributed by atoms with Crippen LogP contribution in [0, 0.1) is 11.8 Å². The SMILES string of the molecule is CCCN1[C@@H]2c3ccc(-c4cccnc4)c(=O)n3C[C@H]1[C@H](CO)[C@H]2C(=O)NC1CCC1. The molecule has 2 N–H and O–H groups in total. The number of amides is 1. The highest BCUT2D eigenvalue weighted by molar-refractivity contribution is 5.81. The van der Waals surface area contributed by atoms with Gasteiger partial charge in [0.1, 0.15) is 0 Å². The van der Waals surface area contributed by atoms with Crippen LogP contribution in [0.5, 0.6) is 0 Å². The van der Waals surface area contributed by atoms with E-state index in [9.17, 15) is 14.7 Å². The molecule has 0 aromatic carbocycles. The third kappa shape index (κ3) is 3.31. The van der Waals surface area contributed by atoms with E-state index < -0.39 is 0 Å². The lowest BCUT2D eigenvalue weighted by Gasteiger charge is -2.38. The van der Waals surface area contributed by atoms with Gasteiger partial charge in [0.15, 0.2) is 0 Å². The first-order chi connectivity index (χ1) is 15.1. The molecule has 5 rings (SSSR count). The highest BCUT2D eigenvalue weighted by Gasteiger charge is 2.55. The zero-order valence-corrected chi connectivity index (χ0v) is 17.9. The van der Waals surface area contributed by atoms with Crippen LogP contribution in [0.2, 0.25) is 0 Å². The van der Waals surface area contributed by atoms with Crippen molar-refractivity contribution in [3.8, 4) is 11.1 Å². The van der Waals surface area contributed by atoms with Crippen LogP contribution in [0.15, 0.2) is 41.5 Å². The van der Waals surface area contributed by atoms with Gasteiger partial charge in [-0.25, -0.2) is 0 Å². The molecule has 0 unspecified atom stereocenters. The predicted molar refractivity (Wildman–Crippen MR) is 117 cm³/mol. The van der Waals surface area contributed by atoms with Gasteiger partial charge >= 0.3 is 0 Å². The summed E-state index contributed by atoms with van der Waals surface area (Å²) in [7, 11) is 0. The second-order valence-electron chi connectivity index (χ2n) is 9.09. The van der Waals surface area contributed by atoms with Gasteiger partial charge in [0.25, 0.3) is 5.56 Å². The number of aliphatic hydroxyl groups is 1. The van der Waals surface area contributed by atoms with Crippen molar-refractivity contribution in [2.75, 3.05) is 13.2 Å². The number of aromatic nitrogens is 2. The van der Waals surface area contributed by atoms with Crippen molar-refractivity contribution >= 4 is 5.91 Å². The van der Waals surface area contributed by atoms with E-state index in [1.165, 1.54) is 0 Å². The Morgan fingerprint density at radius 1 is 1.29 bits per heavy atom. The third-order valence-electron chi connectivity index (χ3n) is 7.38. The zero-order valence-electron chi connectivity index (χ0n) is 17.9. The quantitative estimate of drug-likeness (QED) is 0.743. The molecule has 164 valence electrons. The summed E-state index contributed by atoms with van der Waals surface area (Å²) >= 11 is 0. The molecule has 7 heteroatoms. The van der Waals surface area contributed by atoms with Gasteiger partial charge in [-0.1, -0.05) is 13.0 Å². The van der Waals surface area contributed by atoms with E-state index in [-0.39, 0.29) is 48.0 Å². The molecule has 1 aliphatic carbocycles. The predicted octanol–water partition coefficient (Wildman–Crippen LogP) is 1.95. The minimum atomic E-state index is -0.348. The molecule has 1 saturated carbocycles. The van der Waals surface area contributed by atoms with Crippen molar-refractivity contribution < 1.29 is 9.90 Å². The van der Waals surface area contributed by atoms with E-state index in [1.54, 1.807) is 12.4 Å². The smallest absolute Gasteiger partial charge is 0.258 e. The highest BCUT2D eigenvalue weighted by atomic mass is 16.3. The number of carbonyl (C=O) groups excluding carboxylic acids is 1. The average Bonchev–Trinajstić information content (AvgIpc) is 2.96. The molecule has 2 aromatic rings. The molecule has 2 fully saturated rings. The fourth-order valence-corrected chi connectivity index (χ4v) is 5.68. The number of pyridine rings is 2. The number of aliphatic hydroxyl groups excluding tert-OH is 1. The van der Waals surface area contributed by atoms with Gasteiger partial charge in [0.2, 0.25) is 5.91 Å². The molecule has 4 atom stereocenters. The number of nitrogens with zero attached hydrogens (tertiary/aromatic N) is 3. The summed E-state index contributed by atoms with van der Waals surface area (Å²) < 4.78 is 1.84. The van der Waals surface area contributed by atoms with Crippen LogP contribution in [-0.4, -0.2) is 50.7 Å². The summed E-state index contributed by atoms with van der Waals surface area (Å²) in [6.07, 6.45) is 7.57. The Hall–Kier alpha value is -2.51. The van der Waals surface area contributed by atoms with Gasteiger partial charge in [0, 0.05) is 60.4 Å². The molecule has 2 aliphatic heterocycles. The topological polar surface area (TPSA) is 87.5 Å². The van der Waals surface area contributed by atoms with Crippen molar-refractivity contribution in [2.24, 2.45) is 11.8 Å². The van der Waals surface area contributed by atoms with Crippen LogP contribution in [-0.2, 0) is 11.3 Å². The van der Waals surface area contributed by atoms with E-state index >= 15 is 0 Å². The van der Waals surface area contributed by atoms with Crippen LogP contribution in [0.4, 0.5) is 0 Å². The lowest BCUT2D eigenvalue weighted by atomic mass is 9.85. The summed E-state index contributed by atoms with van der Waals surface area (Å²) in [4.78, 5) is 33.3. The molecule has 2 aromatic heterocycles. The highest BCUT2D eigenvalue weighted by Crippen LogP contribution is 2.48. The molecule has 2 bridgehead atoms. The number of hydrogen-bond donors (Lipinski definition) is 2. The van der Waals surface area contributed by atoms with Crippen molar-refractivity contribution in [3.05, 3.63) is 52.7 Å². The molecule has 1 amide bonds. The third-order valence-corrected chi connectivity index (χ3v) is 7.38. The molecule has 1 saturated heterocycles. The van der Waals surface area contributed by atoms with E-state index in [2.05, 4.69) is 22.1 Å². The van der Waals surface area contributed by atoms with Gasteiger partial charge in [-0.2, -0.15) is 0 Å². The summed E-state index contributed by atoms with van der Waals surface area (Å²) in [6, 6.07) is 7.62. The summed E-state index contributed by atoms with van der Waals surface area (Å²) in [5.41, 5.74) is 2.25. The van der Waals surface area contributed by atoms with E-state index in [1.807, 2.05) is 28.8 Å². The number of hydrogen-bond acceptors (Lipinski definition) is 5. The summed E-state index contributed by atoms with van der Waals surface area (Å²) in [5, 5.41) is 13.5. The first kappa shape index (κ1) is 20.4. The zero-order chi connectivity index (χ0) is 21.5. The van der Waals surface area contributed by atoms with Crippen molar-refractivity contribution in [1.82, 2.24) is 19.8 Å². The summed E-state index contributed by atoms with van der Waals surface area (Å²) in [6.45, 7) is 3.42. The van der Waals surface area contributed by atoms with Gasteiger partial charge in [0.05, 0.1) is 12.0 Å². The largest absolute Gasteiger partial charge is 0.396 e. The van der Waals surface area contributed by atoms with Crippen LogP contribution in [0.3, 0.4) is 0 Å². The van der Waals surface area contributed by atoms with Crippen LogP contribution in [0.25, 0.3) is 11.1 Å². The second kappa shape index (κ2) is 8.20. The van der Waals surface area contributed by atoms with E-state index in [0.717, 1.165) is 43.5 Å². The Morgan fingerprint density at radius 3 is 2.77 bits per heavy atom. The average molecular weight is 423 g/mol. The maximum atomic E-state index is 13.5. The van der Waals surface area contributed by atoms with Crippen molar-refractivity contribution in [3.63, 3.8) is 0 Å². The second-order valence-corrected chi connectivity index (χ2v) is 9.09. The lowest BCUT2D eigenvalue weighted by molar-refractivity contribution is -0.128. The Bertz CT molecular complexity index is 1020. The van der Waals surface area contributed by atoms with Gasteiger partial charge in [-0.05, 0) is 50.4 Å². The minimum Gasteiger partial charge on any atom is -0.396 e. The summed E-state index contributed by atoms with van der Waals surface area (Å²) in [5.74, 6) is -0.508. The molecule has 3 aliphatic rings. The van der Waals surface area contributed by atoms with E-state index in [4.69, 9.17) is 0 Å². The molecule has 7 nitrogen and oxygen atoms in total.